The average Bonchev–Trinajstić information content (AvgIpc) is 1.96. The normalized spacial score (nSPS) is 9.46. The highest BCUT2D eigenvalue weighted by molar-refractivity contribution is 9.10. The first-order chi connectivity index (χ1) is 5.93. The second-order valence-electron chi connectivity index (χ2n) is 2.17. The third kappa shape index (κ3) is 6.60. The molecule has 1 aromatic rings. The van der Waals surface area contributed by atoms with Crippen LogP contribution in [0.25, 0.3) is 0 Å². The Labute approximate surface area is 82.3 Å². The first-order valence-corrected chi connectivity index (χ1v) is 4.10. The van der Waals surface area contributed by atoms with Gasteiger partial charge in [-0.2, -0.15) is 8.78 Å². The molecule has 74 valence electrons. The predicted octanol–water partition coefficient (Wildman–Crippen LogP) is 3.10. The van der Waals surface area contributed by atoms with Gasteiger partial charge in [-0.25, -0.2) is 4.39 Å². The molecule has 1 N–H and O–H groups in total. The highest BCUT2D eigenvalue weighted by Crippen LogP contribution is 2.15. The van der Waals surface area contributed by atoms with Crippen molar-refractivity contribution in [1.82, 2.24) is 0 Å². The fourth-order valence-electron chi connectivity index (χ4n) is 0.608. The van der Waals surface area contributed by atoms with E-state index >= 15 is 0 Å². The van der Waals surface area contributed by atoms with Crippen LogP contribution in [0.5, 0.6) is 0 Å². The summed E-state index contributed by atoms with van der Waals surface area (Å²) in [4.78, 5) is 0. The standard InChI is InChI=1S/C7H6BrF.CH2F2O/c1-5-4-6(9)2-3-7(5)8;2-1(3)4/h2-4H,1H3;1,4H. The smallest absolute Gasteiger partial charge is 0.339 e. The van der Waals surface area contributed by atoms with Crippen molar-refractivity contribution in [1.29, 1.82) is 0 Å². The third-order valence-electron chi connectivity index (χ3n) is 1.12. The fraction of sp³-hybridized carbons (Fsp3) is 0.250. The summed E-state index contributed by atoms with van der Waals surface area (Å²) in [7, 11) is 0. The van der Waals surface area contributed by atoms with Crippen molar-refractivity contribution >= 4 is 15.9 Å². The van der Waals surface area contributed by atoms with Gasteiger partial charge in [0, 0.05) is 4.47 Å². The topological polar surface area (TPSA) is 20.2 Å². The van der Waals surface area contributed by atoms with Crippen LogP contribution in [-0.4, -0.2) is 11.7 Å². The molecule has 1 nitrogen and oxygen atoms in total. The van der Waals surface area contributed by atoms with Crippen molar-refractivity contribution in [2.24, 2.45) is 0 Å². The average molecular weight is 257 g/mol. The van der Waals surface area contributed by atoms with Crippen molar-refractivity contribution in [2.45, 2.75) is 13.5 Å². The Hall–Kier alpha value is -0.550. The Kier molecular flexibility index (Phi) is 5.73. The van der Waals surface area contributed by atoms with Crippen LogP contribution in [0.3, 0.4) is 0 Å². The summed E-state index contributed by atoms with van der Waals surface area (Å²) in [6.45, 7) is -1.31. The first kappa shape index (κ1) is 12.4. The molecule has 0 saturated carbocycles. The van der Waals surface area contributed by atoms with Crippen molar-refractivity contribution in [3.63, 3.8) is 0 Å². The molecule has 0 atom stereocenters. The summed E-state index contributed by atoms with van der Waals surface area (Å²) in [5.41, 5.74) is 0.926. The van der Waals surface area contributed by atoms with Crippen molar-refractivity contribution in [2.75, 3.05) is 0 Å². The lowest BCUT2D eigenvalue weighted by Gasteiger charge is -1.94. The van der Waals surface area contributed by atoms with E-state index in [4.69, 9.17) is 5.11 Å². The van der Waals surface area contributed by atoms with Crippen LogP contribution < -0.4 is 0 Å². The van der Waals surface area contributed by atoms with Gasteiger partial charge < -0.3 is 5.11 Å². The number of aliphatic hydroxyl groups is 1. The van der Waals surface area contributed by atoms with Crippen LogP contribution in [0, 0.1) is 12.7 Å². The summed E-state index contributed by atoms with van der Waals surface area (Å²) in [6, 6.07) is 4.62. The molecule has 0 unspecified atom stereocenters. The number of aliphatic hydroxyl groups excluding tert-OH is 1. The van der Waals surface area contributed by atoms with Crippen LogP contribution in [-0.2, 0) is 0 Å². The molecule has 0 saturated heterocycles. The van der Waals surface area contributed by atoms with Crippen LogP contribution in [0.15, 0.2) is 22.7 Å². The minimum atomic E-state index is -3.17. The zero-order chi connectivity index (χ0) is 10.4. The number of alkyl halides is 2. The van der Waals surface area contributed by atoms with Crippen molar-refractivity contribution in [3.05, 3.63) is 34.1 Å². The van der Waals surface area contributed by atoms with E-state index < -0.39 is 6.61 Å². The molecular formula is C8H8BrF3O. The molecule has 0 aliphatic rings. The molecule has 13 heavy (non-hydrogen) atoms. The second-order valence-corrected chi connectivity index (χ2v) is 3.03. The minimum absolute atomic E-state index is 0.185. The van der Waals surface area contributed by atoms with Crippen molar-refractivity contribution in [3.8, 4) is 0 Å². The first-order valence-electron chi connectivity index (χ1n) is 3.31. The molecule has 1 rings (SSSR count). The van der Waals surface area contributed by atoms with Gasteiger partial charge in [0.25, 0.3) is 0 Å². The molecular weight excluding hydrogens is 249 g/mol. The van der Waals surface area contributed by atoms with Crippen LogP contribution in [0.2, 0.25) is 0 Å². The van der Waals surface area contributed by atoms with Gasteiger partial charge in [0.1, 0.15) is 5.82 Å². The summed E-state index contributed by atoms with van der Waals surface area (Å²) < 4.78 is 33.1. The van der Waals surface area contributed by atoms with Crippen LogP contribution >= 0.6 is 15.9 Å². The zero-order valence-electron chi connectivity index (χ0n) is 6.77. The molecule has 0 aliphatic heterocycles. The zero-order valence-corrected chi connectivity index (χ0v) is 8.35. The SMILES string of the molecule is Cc1cc(F)ccc1Br.OC(F)F. The number of aryl methyl sites for hydroxylation is 1. The van der Waals surface area contributed by atoms with E-state index in [0.29, 0.717) is 0 Å². The molecule has 0 heterocycles. The Bertz CT molecular complexity index is 263. The molecule has 5 heteroatoms. The predicted molar refractivity (Wildman–Crippen MR) is 47.1 cm³/mol. The van der Waals surface area contributed by atoms with E-state index in [9.17, 15) is 13.2 Å². The van der Waals surface area contributed by atoms with E-state index in [1.165, 1.54) is 12.1 Å². The maximum absolute atomic E-state index is 12.3. The molecule has 0 radical (unpaired) electrons. The summed E-state index contributed by atoms with van der Waals surface area (Å²) in [5, 5.41) is 6.72. The van der Waals surface area contributed by atoms with E-state index in [2.05, 4.69) is 15.9 Å². The number of hydrogen-bond donors (Lipinski definition) is 1. The van der Waals surface area contributed by atoms with Crippen LogP contribution in [0.4, 0.5) is 13.2 Å². The highest BCUT2D eigenvalue weighted by Gasteiger charge is 1.93. The molecule has 0 spiro atoms. The monoisotopic (exact) mass is 256 g/mol. The summed E-state index contributed by atoms with van der Waals surface area (Å²) in [5.74, 6) is -0.185. The van der Waals surface area contributed by atoms with Gasteiger partial charge in [0.2, 0.25) is 0 Å². The number of hydrogen-bond acceptors (Lipinski definition) is 1. The largest absolute Gasteiger partial charge is 0.342 e. The molecule has 1 aromatic carbocycles. The Balaban J connectivity index is 0.000000310. The number of halogens is 4. The Morgan fingerprint density at radius 3 is 2.15 bits per heavy atom. The fourth-order valence-corrected chi connectivity index (χ4v) is 0.855. The molecule has 0 aliphatic carbocycles. The second kappa shape index (κ2) is 5.99. The van der Waals surface area contributed by atoms with Gasteiger partial charge in [-0.1, -0.05) is 15.9 Å². The third-order valence-corrected chi connectivity index (χ3v) is 2.01. The lowest BCUT2D eigenvalue weighted by atomic mass is 10.2. The highest BCUT2D eigenvalue weighted by atomic mass is 79.9. The molecule has 0 bridgehead atoms. The van der Waals surface area contributed by atoms with E-state index in [1.807, 2.05) is 6.92 Å². The molecule has 0 amide bonds. The van der Waals surface area contributed by atoms with Gasteiger partial charge in [-0.05, 0) is 30.7 Å². The maximum Gasteiger partial charge on any atom is 0.342 e. The van der Waals surface area contributed by atoms with Gasteiger partial charge >= 0.3 is 6.61 Å². The van der Waals surface area contributed by atoms with Crippen molar-refractivity contribution < 1.29 is 18.3 Å². The van der Waals surface area contributed by atoms with Gasteiger partial charge in [0.15, 0.2) is 0 Å². The van der Waals surface area contributed by atoms with E-state index in [1.54, 1.807) is 6.07 Å². The van der Waals surface area contributed by atoms with Crippen LogP contribution in [0.1, 0.15) is 5.56 Å². The van der Waals surface area contributed by atoms with E-state index in [-0.39, 0.29) is 5.82 Å². The number of rotatable bonds is 0. The molecule has 0 fully saturated rings. The maximum atomic E-state index is 12.3. The lowest BCUT2D eigenvalue weighted by molar-refractivity contribution is -0.0728. The van der Waals surface area contributed by atoms with Gasteiger partial charge in [-0.3, -0.25) is 0 Å². The Morgan fingerprint density at radius 2 is 1.85 bits per heavy atom. The summed E-state index contributed by atoms with van der Waals surface area (Å²) in [6.07, 6.45) is 0. The van der Waals surface area contributed by atoms with Gasteiger partial charge in [0.05, 0.1) is 0 Å². The molecule has 0 aromatic heterocycles. The minimum Gasteiger partial charge on any atom is -0.339 e. The quantitative estimate of drug-likeness (QED) is 0.757. The Morgan fingerprint density at radius 1 is 1.38 bits per heavy atom. The number of benzene rings is 1. The summed E-state index contributed by atoms with van der Waals surface area (Å²) >= 11 is 3.26. The van der Waals surface area contributed by atoms with Gasteiger partial charge in [-0.15, -0.1) is 0 Å². The van der Waals surface area contributed by atoms with E-state index in [0.717, 1.165) is 10.0 Å². The lowest BCUT2D eigenvalue weighted by Crippen LogP contribution is -1.78.